The van der Waals surface area contributed by atoms with E-state index in [1.54, 1.807) is 11.3 Å². The van der Waals surface area contributed by atoms with Crippen LogP contribution in [0.5, 0.6) is 0 Å². The van der Waals surface area contributed by atoms with Gasteiger partial charge in [0, 0.05) is 23.2 Å². The molecule has 0 aliphatic carbocycles. The monoisotopic (exact) mass is 377 g/mol. The Kier molecular flexibility index (Phi) is 5.99. The van der Waals surface area contributed by atoms with Gasteiger partial charge in [-0.05, 0) is 30.3 Å². The minimum atomic E-state index is -0.135. The molecule has 2 heterocycles. The van der Waals surface area contributed by atoms with E-state index >= 15 is 0 Å². The Bertz CT molecular complexity index is 816. The van der Waals surface area contributed by atoms with Crippen molar-refractivity contribution in [1.29, 1.82) is 0 Å². The van der Waals surface area contributed by atoms with Gasteiger partial charge in [-0.15, -0.1) is 11.3 Å². The van der Waals surface area contributed by atoms with E-state index in [1.807, 2.05) is 36.0 Å². The van der Waals surface area contributed by atoms with Gasteiger partial charge in [0.15, 0.2) is 0 Å². The van der Waals surface area contributed by atoms with Crippen molar-refractivity contribution >= 4 is 23.9 Å². The lowest BCUT2D eigenvalue weighted by Gasteiger charge is -2.38. The van der Waals surface area contributed by atoms with Gasteiger partial charge in [-0.25, -0.2) is 0 Å². The molecule has 4 rings (SSSR count). The molecule has 3 aromatic rings. The molecule has 1 aromatic heterocycles. The number of aromatic nitrogens is 1. The first-order chi connectivity index (χ1) is 13.3. The molecule has 3 N–H and O–H groups in total. The van der Waals surface area contributed by atoms with E-state index < -0.39 is 0 Å². The van der Waals surface area contributed by atoms with Crippen molar-refractivity contribution in [2.24, 2.45) is 5.73 Å². The van der Waals surface area contributed by atoms with Gasteiger partial charge in [-0.3, -0.25) is 4.98 Å². The largest absolute Gasteiger partial charge is 0.416 e. The molecule has 6 heteroatoms. The van der Waals surface area contributed by atoms with Crippen LogP contribution < -0.4 is 16.4 Å². The highest BCUT2D eigenvalue weighted by Gasteiger charge is 2.36. The zero-order valence-electron chi connectivity index (χ0n) is 15.2. The van der Waals surface area contributed by atoms with Crippen molar-refractivity contribution in [3.05, 3.63) is 82.8 Å². The predicted molar refractivity (Wildman–Crippen MR) is 112 cm³/mol. The Balaban J connectivity index is 1.50. The van der Waals surface area contributed by atoms with Gasteiger partial charge in [0.05, 0.1) is 11.6 Å². The first kappa shape index (κ1) is 18.4. The van der Waals surface area contributed by atoms with Crippen molar-refractivity contribution in [2.45, 2.75) is 37.5 Å². The lowest BCUT2D eigenvalue weighted by atomic mass is 9.69. The van der Waals surface area contributed by atoms with Crippen LogP contribution in [-0.2, 0) is 17.5 Å². The highest BCUT2D eigenvalue weighted by atomic mass is 32.1. The molecule has 0 radical (unpaired) electrons. The summed E-state index contributed by atoms with van der Waals surface area (Å²) in [6.45, 7) is 0. The van der Waals surface area contributed by atoms with Crippen LogP contribution in [0.2, 0.25) is 0 Å². The van der Waals surface area contributed by atoms with Crippen molar-refractivity contribution in [3.63, 3.8) is 0 Å². The summed E-state index contributed by atoms with van der Waals surface area (Å²) < 4.78 is 6.41. The molecule has 3 atom stereocenters. The van der Waals surface area contributed by atoms with Crippen molar-refractivity contribution < 1.29 is 4.65 Å². The van der Waals surface area contributed by atoms with Crippen LogP contribution in [0, 0.1) is 0 Å². The molecule has 0 amide bonds. The van der Waals surface area contributed by atoms with E-state index in [4.69, 9.17) is 10.4 Å². The van der Waals surface area contributed by atoms with Gasteiger partial charge in [-0.1, -0.05) is 60.7 Å². The fourth-order valence-electron chi connectivity index (χ4n) is 3.66. The van der Waals surface area contributed by atoms with Crippen LogP contribution in [0.25, 0.3) is 0 Å². The third kappa shape index (κ3) is 4.84. The minimum Gasteiger partial charge on any atom is -0.413 e. The van der Waals surface area contributed by atoms with Gasteiger partial charge < -0.3 is 15.6 Å². The summed E-state index contributed by atoms with van der Waals surface area (Å²) in [4.78, 5) is 5.50. The number of rotatable bonds is 6. The third-order valence-electron chi connectivity index (χ3n) is 5.04. The summed E-state index contributed by atoms with van der Waals surface area (Å²) in [6, 6.07) is 21.0. The maximum absolute atomic E-state index is 6.59. The van der Waals surface area contributed by atoms with Gasteiger partial charge >= 0.3 is 7.05 Å². The second-order valence-electron chi connectivity index (χ2n) is 7.09. The van der Waals surface area contributed by atoms with Gasteiger partial charge in [0.25, 0.3) is 0 Å². The maximum atomic E-state index is 6.59. The first-order valence-electron chi connectivity index (χ1n) is 9.41. The van der Waals surface area contributed by atoms with Crippen LogP contribution in [-0.4, -0.2) is 30.2 Å². The third-order valence-corrected chi connectivity index (χ3v) is 5.84. The normalized spacial score (nSPS) is 21.1. The number of benzene rings is 2. The summed E-state index contributed by atoms with van der Waals surface area (Å²) in [6.07, 6.45) is 4.63. The molecule has 1 aliphatic rings. The Morgan fingerprint density at radius 1 is 1.15 bits per heavy atom. The first-order valence-corrected chi connectivity index (χ1v) is 10.3. The average molecular weight is 377 g/mol. The van der Waals surface area contributed by atoms with Crippen LogP contribution >= 0.6 is 11.3 Å². The fourth-order valence-corrected chi connectivity index (χ4v) is 4.33. The zero-order valence-corrected chi connectivity index (χ0v) is 16.0. The number of thiazole rings is 1. The molecular weight excluding hydrogens is 353 g/mol. The van der Waals surface area contributed by atoms with E-state index in [2.05, 4.69) is 46.6 Å². The summed E-state index contributed by atoms with van der Waals surface area (Å²) in [7, 11) is -0.135. The van der Waals surface area contributed by atoms with E-state index in [0.717, 1.165) is 24.7 Å². The zero-order chi connectivity index (χ0) is 18.5. The number of hydrogen-bond donors (Lipinski definition) is 2. The molecular formula is C21H24BN3OS. The Labute approximate surface area is 164 Å². The average Bonchev–Trinajstić information content (AvgIpc) is 3.22. The molecule has 4 nitrogen and oxygen atoms in total. The SMILES string of the molecule is NC(Cc1ccccc1)C1CC(Cc2cncs2)NB(c2ccccc2)O1. The van der Waals surface area contributed by atoms with E-state index in [-0.39, 0.29) is 19.2 Å². The number of nitrogens with one attached hydrogen (secondary N) is 1. The molecule has 0 spiro atoms. The number of nitrogens with two attached hydrogens (primary N) is 1. The standard InChI is InChI=1S/C21H24BN3OS/c23-20(11-16-7-3-1-4-8-16)21-13-18(12-19-14-24-15-27-19)25-22(26-21)17-9-5-2-6-10-17/h1-10,14-15,18,20-21,25H,11-13,23H2. The Morgan fingerprint density at radius 3 is 2.59 bits per heavy atom. The minimum absolute atomic E-state index is 0.00887. The van der Waals surface area contributed by atoms with Crippen LogP contribution in [0.1, 0.15) is 16.9 Å². The van der Waals surface area contributed by atoms with Gasteiger partial charge in [0.2, 0.25) is 0 Å². The van der Waals surface area contributed by atoms with Crippen LogP contribution in [0.15, 0.2) is 72.4 Å². The highest BCUT2D eigenvalue weighted by Crippen LogP contribution is 2.20. The molecule has 3 unspecified atom stereocenters. The lowest BCUT2D eigenvalue weighted by molar-refractivity contribution is 0.122. The quantitative estimate of drug-likeness (QED) is 0.648. The van der Waals surface area contributed by atoms with E-state index in [0.29, 0.717) is 6.04 Å². The molecule has 1 saturated heterocycles. The molecule has 2 aromatic carbocycles. The maximum Gasteiger partial charge on any atom is 0.416 e. The fraction of sp³-hybridized carbons (Fsp3) is 0.286. The lowest BCUT2D eigenvalue weighted by Crippen LogP contribution is -2.62. The smallest absolute Gasteiger partial charge is 0.413 e. The molecule has 0 bridgehead atoms. The molecule has 1 aliphatic heterocycles. The predicted octanol–water partition coefficient (Wildman–Crippen LogP) is 2.40. The highest BCUT2D eigenvalue weighted by molar-refractivity contribution is 7.09. The molecule has 0 saturated carbocycles. The second-order valence-corrected chi connectivity index (χ2v) is 8.06. The van der Waals surface area contributed by atoms with Crippen molar-refractivity contribution in [3.8, 4) is 0 Å². The number of hydrogen-bond acceptors (Lipinski definition) is 5. The van der Waals surface area contributed by atoms with Crippen molar-refractivity contribution in [2.75, 3.05) is 0 Å². The van der Waals surface area contributed by atoms with Gasteiger partial charge in [-0.2, -0.15) is 0 Å². The molecule has 1 fully saturated rings. The van der Waals surface area contributed by atoms with Crippen LogP contribution in [0.3, 0.4) is 0 Å². The second kappa shape index (κ2) is 8.80. The molecule has 138 valence electrons. The Hall–Kier alpha value is -1.99. The topological polar surface area (TPSA) is 60.2 Å². The van der Waals surface area contributed by atoms with Crippen molar-refractivity contribution in [1.82, 2.24) is 10.2 Å². The molecule has 27 heavy (non-hydrogen) atoms. The summed E-state index contributed by atoms with van der Waals surface area (Å²) in [5.41, 5.74) is 10.9. The van der Waals surface area contributed by atoms with Crippen LogP contribution in [0.4, 0.5) is 0 Å². The Morgan fingerprint density at radius 2 is 1.89 bits per heavy atom. The summed E-state index contributed by atoms with van der Waals surface area (Å²) in [5.74, 6) is 0. The van der Waals surface area contributed by atoms with E-state index in [9.17, 15) is 0 Å². The van der Waals surface area contributed by atoms with E-state index in [1.165, 1.54) is 10.4 Å². The summed E-state index contributed by atoms with van der Waals surface area (Å²) >= 11 is 1.70. The van der Waals surface area contributed by atoms with Gasteiger partial charge in [0.1, 0.15) is 0 Å². The number of nitrogens with zero attached hydrogens (tertiary/aromatic N) is 1. The summed E-state index contributed by atoms with van der Waals surface area (Å²) in [5, 5.41) is 3.66.